The molecule has 1 aromatic heterocycles. The molecule has 5 nitrogen and oxygen atoms in total. The normalized spacial score (nSPS) is 13.9. The van der Waals surface area contributed by atoms with Crippen molar-refractivity contribution in [2.75, 3.05) is 0 Å². The lowest BCUT2D eigenvalue weighted by atomic mass is 9.93. The quantitative estimate of drug-likeness (QED) is 0.830. The van der Waals surface area contributed by atoms with E-state index in [1.54, 1.807) is 6.92 Å². The monoisotopic (exact) mass is 267 g/mol. The van der Waals surface area contributed by atoms with E-state index in [1.807, 2.05) is 20.8 Å². The first kappa shape index (κ1) is 15.3. The second kappa shape index (κ2) is 6.41. The zero-order valence-corrected chi connectivity index (χ0v) is 11.8. The molecule has 19 heavy (non-hydrogen) atoms. The molecule has 0 radical (unpaired) electrons. The maximum absolute atomic E-state index is 11.9. The van der Waals surface area contributed by atoms with Crippen molar-refractivity contribution in [3.8, 4) is 0 Å². The number of carbonyl (C=O) groups is 2. The fourth-order valence-corrected chi connectivity index (χ4v) is 1.79. The van der Waals surface area contributed by atoms with Gasteiger partial charge in [-0.1, -0.05) is 27.2 Å². The Labute approximate surface area is 113 Å². The number of aromatic carboxylic acids is 1. The lowest BCUT2D eigenvalue weighted by Gasteiger charge is -2.17. The summed E-state index contributed by atoms with van der Waals surface area (Å²) in [4.78, 5) is 22.7. The van der Waals surface area contributed by atoms with Gasteiger partial charge >= 0.3 is 5.97 Å². The summed E-state index contributed by atoms with van der Waals surface area (Å²) in [6.45, 7) is 7.77. The first-order chi connectivity index (χ1) is 8.86. The summed E-state index contributed by atoms with van der Waals surface area (Å²) in [6.07, 6.45) is 0.942. The number of nitrogens with one attached hydrogen (secondary N) is 1. The molecule has 0 saturated carbocycles. The molecule has 2 atom stereocenters. The Morgan fingerprint density at radius 1 is 1.42 bits per heavy atom. The third-order valence-electron chi connectivity index (χ3n) is 3.55. The van der Waals surface area contributed by atoms with Crippen LogP contribution in [0.3, 0.4) is 0 Å². The summed E-state index contributed by atoms with van der Waals surface area (Å²) in [7, 11) is 0. The van der Waals surface area contributed by atoms with Gasteiger partial charge in [0.1, 0.15) is 17.1 Å². The van der Waals surface area contributed by atoms with Gasteiger partial charge in [-0.05, 0) is 18.9 Å². The second-order valence-electron chi connectivity index (χ2n) is 4.88. The number of rotatable bonds is 6. The van der Waals surface area contributed by atoms with E-state index in [4.69, 9.17) is 9.52 Å². The fourth-order valence-electron chi connectivity index (χ4n) is 1.79. The van der Waals surface area contributed by atoms with Crippen LogP contribution in [0, 0.1) is 18.8 Å². The average molecular weight is 267 g/mol. The van der Waals surface area contributed by atoms with E-state index >= 15 is 0 Å². The molecule has 0 aliphatic rings. The highest BCUT2D eigenvalue weighted by Crippen LogP contribution is 2.16. The zero-order valence-electron chi connectivity index (χ0n) is 11.8. The van der Waals surface area contributed by atoms with Crippen LogP contribution >= 0.6 is 0 Å². The summed E-state index contributed by atoms with van der Waals surface area (Å²) in [5.74, 6) is -0.00803. The molecule has 2 N–H and O–H groups in total. The van der Waals surface area contributed by atoms with E-state index in [2.05, 4.69) is 5.32 Å². The van der Waals surface area contributed by atoms with Crippen LogP contribution in [0.25, 0.3) is 0 Å². The minimum atomic E-state index is -1.02. The van der Waals surface area contributed by atoms with Crippen molar-refractivity contribution in [1.82, 2.24) is 5.32 Å². The van der Waals surface area contributed by atoms with Gasteiger partial charge in [-0.25, -0.2) is 4.79 Å². The molecular formula is C14H21NO4. The van der Waals surface area contributed by atoms with Crippen LogP contribution in [0.4, 0.5) is 0 Å². The number of carboxylic acid groups (broad SMARTS) is 1. The number of carbonyl (C=O) groups excluding carboxylic acids is 1. The molecule has 5 heteroatoms. The minimum Gasteiger partial charge on any atom is -0.478 e. The van der Waals surface area contributed by atoms with Crippen LogP contribution in [0.1, 0.15) is 49.1 Å². The number of aryl methyl sites for hydroxylation is 1. The van der Waals surface area contributed by atoms with Crippen LogP contribution < -0.4 is 5.32 Å². The largest absolute Gasteiger partial charge is 0.478 e. The third kappa shape index (κ3) is 3.84. The highest BCUT2D eigenvalue weighted by atomic mass is 16.4. The van der Waals surface area contributed by atoms with Crippen LogP contribution in [-0.2, 0) is 11.3 Å². The van der Waals surface area contributed by atoms with E-state index in [0.29, 0.717) is 17.4 Å². The van der Waals surface area contributed by atoms with Crippen LogP contribution in [0.2, 0.25) is 0 Å². The van der Waals surface area contributed by atoms with Crippen LogP contribution in [0.15, 0.2) is 10.5 Å². The predicted molar refractivity (Wildman–Crippen MR) is 70.9 cm³/mol. The third-order valence-corrected chi connectivity index (χ3v) is 3.55. The van der Waals surface area contributed by atoms with Gasteiger partial charge < -0.3 is 14.8 Å². The van der Waals surface area contributed by atoms with Gasteiger partial charge in [0.15, 0.2) is 0 Å². The van der Waals surface area contributed by atoms with Crippen molar-refractivity contribution in [3.63, 3.8) is 0 Å². The topological polar surface area (TPSA) is 79.5 Å². The summed E-state index contributed by atoms with van der Waals surface area (Å²) in [5.41, 5.74) is 0.138. The summed E-state index contributed by atoms with van der Waals surface area (Å²) >= 11 is 0. The van der Waals surface area contributed by atoms with Gasteiger partial charge in [0.05, 0.1) is 6.54 Å². The molecule has 2 unspecified atom stereocenters. The van der Waals surface area contributed by atoms with Gasteiger partial charge in [0.25, 0.3) is 0 Å². The molecule has 1 aromatic rings. The molecule has 0 bridgehead atoms. The van der Waals surface area contributed by atoms with E-state index in [1.165, 1.54) is 6.07 Å². The van der Waals surface area contributed by atoms with Gasteiger partial charge in [-0.2, -0.15) is 0 Å². The van der Waals surface area contributed by atoms with Crippen molar-refractivity contribution in [3.05, 3.63) is 23.2 Å². The highest BCUT2D eigenvalue weighted by molar-refractivity contribution is 5.88. The summed E-state index contributed by atoms with van der Waals surface area (Å²) in [5, 5.41) is 11.7. The minimum absolute atomic E-state index is 0.0414. The van der Waals surface area contributed by atoms with E-state index in [-0.39, 0.29) is 23.9 Å². The lowest BCUT2D eigenvalue weighted by molar-refractivity contribution is -0.126. The molecule has 106 valence electrons. The summed E-state index contributed by atoms with van der Waals surface area (Å²) < 4.78 is 5.30. The zero-order chi connectivity index (χ0) is 14.6. The van der Waals surface area contributed by atoms with Gasteiger partial charge in [0.2, 0.25) is 5.91 Å². The van der Waals surface area contributed by atoms with E-state index < -0.39 is 5.97 Å². The maximum atomic E-state index is 11.9. The average Bonchev–Trinajstić information content (AvgIpc) is 2.75. The molecule has 0 aliphatic heterocycles. The Balaban J connectivity index is 2.60. The Morgan fingerprint density at radius 2 is 2.05 bits per heavy atom. The Hall–Kier alpha value is -1.78. The number of carboxylic acids is 1. The van der Waals surface area contributed by atoms with Gasteiger partial charge in [-0.15, -0.1) is 0 Å². The van der Waals surface area contributed by atoms with Crippen molar-refractivity contribution < 1.29 is 19.1 Å². The number of furan rings is 1. The SMILES string of the molecule is CCC(C)C(C)C(=O)NCc1cc(C(=O)O)c(C)o1. The van der Waals surface area contributed by atoms with Crippen LogP contribution in [-0.4, -0.2) is 17.0 Å². The lowest BCUT2D eigenvalue weighted by Crippen LogP contribution is -2.31. The molecule has 1 heterocycles. The Bertz CT molecular complexity index is 464. The summed E-state index contributed by atoms with van der Waals surface area (Å²) in [6, 6.07) is 1.45. The molecule has 1 rings (SSSR count). The van der Waals surface area contributed by atoms with E-state index in [9.17, 15) is 9.59 Å². The van der Waals surface area contributed by atoms with E-state index in [0.717, 1.165) is 6.42 Å². The molecule has 0 fully saturated rings. The number of amides is 1. The number of hydrogen-bond acceptors (Lipinski definition) is 3. The van der Waals surface area contributed by atoms with Gasteiger partial charge in [0, 0.05) is 5.92 Å². The molecular weight excluding hydrogens is 246 g/mol. The first-order valence-electron chi connectivity index (χ1n) is 6.47. The number of hydrogen-bond donors (Lipinski definition) is 2. The molecule has 0 aliphatic carbocycles. The van der Waals surface area contributed by atoms with Crippen LogP contribution in [0.5, 0.6) is 0 Å². The van der Waals surface area contributed by atoms with Crippen molar-refractivity contribution in [1.29, 1.82) is 0 Å². The van der Waals surface area contributed by atoms with Gasteiger partial charge in [-0.3, -0.25) is 4.79 Å². The predicted octanol–water partition coefficient (Wildman–Crippen LogP) is 2.58. The molecule has 1 amide bonds. The molecule has 0 saturated heterocycles. The smallest absolute Gasteiger partial charge is 0.339 e. The highest BCUT2D eigenvalue weighted by Gasteiger charge is 2.19. The second-order valence-corrected chi connectivity index (χ2v) is 4.88. The standard InChI is InChI=1S/C14H21NO4/c1-5-8(2)9(3)13(16)15-7-11-6-12(14(17)18)10(4)19-11/h6,8-9H,5,7H2,1-4H3,(H,15,16)(H,17,18). The Kier molecular flexibility index (Phi) is 5.15. The maximum Gasteiger partial charge on any atom is 0.339 e. The van der Waals surface area contributed by atoms with Crippen molar-refractivity contribution in [2.45, 2.75) is 40.7 Å². The molecule has 0 spiro atoms. The van der Waals surface area contributed by atoms with Crippen molar-refractivity contribution in [2.24, 2.45) is 11.8 Å². The Morgan fingerprint density at radius 3 is 2.53 bits per heavy atom. The molecule has 0 aromatic carbocycles. The van der Waals surface area contributed by atoms with Crippen molar-refractivity contribution >= 4 is 11.9 Å². The first-order valence-corrected chi connectivity index (χ1v) is 6.47. The fraction of sp³-hybridized carbons (Fsp3) is 0.571.